The summed E-state index contributed by atoms with van der Waals surface area (Å²) >= 11 is 0. The Kier molecular flexibility index (Phi) is 4.30. The first-order valence-corrected chi connectivity index (χ1v) is 6.28. The molecule has 0 unspecified atom stereocenters. The quantitative estimate of drug-likeness (QED) is 0.870. The van der Waals surface area contributed by atoms with Crippen LogP contribution >= 0.6 is 0 Å². The van der Waals surface area contributed by atoms with Gasteiger partial charge in [0.1, 0.15) is 5.82 Å². The van der Waals surface area contributed by atoms with Crippen molar-refractivity contribution >= 4 is 12.0 Å². The van der Waals surface area contributed by atoms with Crippen LogP contribution in [0.2, 0.25) is 0 Å². The standard InChI is InChI=1S/C15H16FN3O/c1-11(13-5-3-4-6-14(13)16)18-15(20)8-7-12-9-17-19(2)10-12/h3-11H,1-2H3,(H,18,20)/b8-7-/t11-/m0/s1. The van der Waals surface area contributed by atoms with E-state index in [2.05, 4.69) is 10.4 Å². The van der Waals surface area contributed by atoms with Gasteiger partial charge in [-0.05, 0) is 19.1 Å². The number of carbonyl (C=O) groups is 1. The molecule has 0 aliphatic rings. The number of halogens is 1. The lowest BCUT2D eigenvalue weighted by molar-refractivity contribution is -0.117. The van der Waals surface area contributed by atoms with Gasteiger partial charge in [0.15, 0.2) is 0 Å². The van der Waals surface area contributed by atoms with Gasteiger partial charge in [0.2, 0.25) is 5.91 Å². The lowest BCUT2D eigenvalue weighted by atomic mass is 10.1. The summed E-state index contributed by atoms with van der Waals surface area (Å²) in [4.78, 5) is 11.8. The van der Waals surface area contributed by atoms with Crippen LogP contribution in [0.1, 0.15) is 24.1 Å². The van der Waals surface area contributed by atoms with Crippen LogP contribution in [0.3, 0.4) is 0 Å². The lowest BCUT2D eigenvalue weighted by Gasteiger charge is -2.13. The smallest absolute Gasteiger partial charge is 0.244 e. The second-order valence-electron chi connectivity index (χ2n) is 4.53. The summed E-state index contributed by atoms with van der Waals surface area (Å²) in [5.41, 5.74) is 1.30. The number of amides is 1. The highest BCUT2D eigenvalue weighted by Crippen LogP contribution is 2.15. The summed E-state index contributed by atoms with van der Waals surface area (Å²) in [5, 5.41) is 6.72. The van der Waals surface area contributed by atoms with E-state index in [9.17, 15) is 9.18 Å². The molecule has 0 spiro atoms. The summed E-state index contributed by atoms with van der Waals surface area (Å²) < 4.78 is 15.2. The fraction of sp³-hybridized carbons (Fsp3) is 0.200. The zero-order chi connectivity index (χ0) is 14.5. The molecular formula is C15H16FN3O. The first kappa shape index (κ1) is 14.0. The molecule has 0 saturated heterocycles. The summed E-state index contributed by atoms with van der Waals surface area (Å²) in [7, 11) is 1.80. The molecule has 1 amide bonds. The van der Waals surface area contributed by atoms with Gasteiger partial charge in [-0.1, -0.05) is 18.2 Å². The van der Waals surface area contributed by atoms with Gasteiger partial charge in [0.05, 0.1) is 12.2 Å². The summed E-state index contributed by atoms with van der Waals surface area (Å²) in [6.07, 6.45) is 6.53. The van der Waals surface area contributed by atoms with Crippen molar-refractivity contribution in [1.29, 1.82) is 0 Å². The van der Waals surface area contributed by atoms with Crippen molar-refractivity contribution in [3.8, 4) is 0 Å². The van der Waals surface area contributed by atoms with Crippen molar-refractivity contribution in [2.45, 2.75) is 13.0 Å². The fourth-order valence-corrected chi connectivity index (χ4v) is 1.86. The predicted molar refractivity (Wildman–Crippen MR) is 75.2 cm³/mol. The second kappa shape index (κ2) is 6.14. The lowest BCUT2D eigenvalue weighted by Crippen LogP contribution is -2.25. The molecule has 4 nitrogen and oxygen atoms in total. The van der Waals surface area contributed by atoms with Crippen LogP contribution in [0, 0.1) is 5.82 Å². The highest BCUT2D eigenvalue weighted by molar-refractivity contribution is 5.91. The van der Waals surface area contributed by atoms with Crippen molar-refractivity contribution in [3.05, 3.63) is 59.7 Å². The average Bonchev–Trinajstić information content (AvgIpc) is 2.82. The van der Waals surface area contributed by atoms with Crippen LogP contribution < -0.4 is 5.32 Å². The Morgan fingerprint density at radius 2 is 2.20 bits per heavy atom. The normalized spacial score (nSPS) is 12.6. The van der Waals surface area contributed by atoms with Gasteiger partial charge in [0.25, 0.3) is 0 Å². The second-order valence-corrected chi connectivity index (χ2v) is 4.53. The van der Waals surface area contributed by atoms with Crippen LogP contribution in [0.15, 0.2) is 42.7 Å². The third-order valence-electron chi connectivity index (χ3n) is 2.88. The molecule has 1 N–H and O–H groups in total. The maximum absolute atomic E-state index is 13.6. The first-order chi connectivity index (χ1) is 9.56. The Hall–Kier alpha value is -2.43. The predicted octanol–water partition coefficient (Wildman–Crippen LogP) is 2.45. The van der Waals surface area contributed by atoms with E-state index in [4.69, 9.17) is 0 Å². The molecule has 1 aromatic heterocycles. The molecule has 0 fully saturated rings. The van der Waals surface area contributed by atoms with Crippen molar-refractivity contribution < 1.29 is 9.18 Å². The van der Waals surface area contributed by atoms with Crippen LogP contribution in [0.4, 0.5) is 4.39 Å². The molecule has 0 aliphatic carbocycles. The zero-order valence-corrected chi connectivity index (χ0v) is 11.4. The number of hydrogen-bond donors (Lipinski definition) is 1. The van der Waals surface area contributed by atoms with Crippen molar-refractivity contribution in [2.75, 3.05) is 0 Å². The molecule has 1 heterocycles. The molecule has 1 atom stereocenters. The molecule has 0 aliphatic heterocycles. The van der Waals surface area contributed by atoms with Gasteiger partial charge in [-0.15, -0.1) is 0 Å². The number of aromatic nitrogens is 2. The zero-order valence-electron chi connectivity index (χ0n) is 11.4. The van der Waals surface area contributed by atoms with Gasteiger partial charge in [-0.3, -0.25) is 9.48 Å². The molecule has 104 valence electrons. The largest absolute Gasteiger partial charge is 0.346 e. The van der Waals surface area contributed by atoms with Gasteiger partial charge in [-0.25, -0.2) is 4.39 Å². The minimum atomic E-state index is -0.387. The molecular weight excluding hydrogens is 257 g/mol. The van der Waals surface area contributed by atoms with E-state index in [0.29, 0.717) is 5.56 Å². The Balaban J connectivity index is 1.98. The molecule has 1 aromatic carbocycles. The minimum Gasteiger partial charge on any atom is -0.346 e. The maximum Gasteiger partial charge on any atom is 0.244 e. The number of hydrogen-bond acceptors (Lipinski definition) is 2. The molecule has 0 bridgehead atoms. The number of rotatable bonds is 4. The highest BCUT2D eigenvalue weighted by atomic mass is 19.1. The molecule has 0 radical (unpaired) electrons. The topological polar surface area (TPSA) is 46.9 Å². The van der Waals surface area contributed by atoms with Gasteiger partial charge in [0, 0.05) is 30.4 Å². The van der Waals surface area contributed by atoms with Crippen LogP contribution in [-0.4, -0.2) is 15.7 Å². The average molecular weight is 273 g/mol. The van der Waals surface area contributed by atoms with E-state index in [1.165, 1.54) is 12.1 Å². The van der Waals surface area contributed by atoms with Crippen molar-refractivity contribution in [3.63, 3.8) is 0 Å². The number of benzene rings is 1. The highest BCUT2D eigenvalue weighted by Gasteiger charge is 2.11. The Bertz CT molecular complexity index is 634. The summed E-state index contributed by atoms with van der Waals surface area (Å²) in [6.45, 7) is 1.74. The van der Waals surface area contributed by atoms with E-state index >= 15 is 0 Å². The third-order valence-corrected chi connectivity index (χ3v) is 2.88. The Morgan fingerprint density at radius 3 is 2.85 bits per heavy atom. The van der Waals surface area contributed by atoms with Gasteiger partial charge >= 0.3 is 0 Å². The molecule has 2 rings (SSSR count). The van der Waals surface area contributed by atoms with Crippen molar-refractivity contribution in [1.82, 2.24) is 15.1 Å². The third kappa shape index (κ3) is 3.54. The Labute approximate surface area is 116 Å². The van der Waals surface area contributed by atoms with Crippen LogP contribution in [0.5, 0.6) is 0 Å². The monoisotopic (exact) mass is 273 g/mol. The Morgan fingerprint density at radius 1 is 1.45 bits per heavy atom. The van der Waals surface area contributed by atoms with E-state index in [1.807, 2.05) is 0 Å². The van der Waals surface area contributed by atoms with Crippen molar-refractivity contribution in [2.24, 2.45) is 7.05 Å². The van der Waals surface area contributed by atoms with Gasteiger partial charge < -0.3 is 5.32 Å². The SMILES string of the molecule is C[C@H](NC(=O)/C=C\c1cnn(C)c1)c1ccccc1F. The van der Waals surface area contributed by atoms with E-state index in [1.54, 1.807) is 55.3 Å². The van der Waals surface area contributed by atoms with E-state index in [0.717, 1.165) is 5.56 Å². The summed E-state index contributed by atoms with van der Waals surface area (Å²) in [6, 6.07) is 6.01. The van der Waals surface area contributed by atoms with E-state index < -0.39 is 0 Å². The maximum atomic E-state index is 13.6. The minimum absolute atomic E-state index is 0.274. The number of nitrogens with one attached hydrogen (secondary N) is 1. The number of nitrogens with zero attached hydrogens (tertiary/aromatic N) is 2. The molecule has 2 aromatic rings. The van der Waals surface area contributed by atoms with Crippen LogP contribution in [-0.2, 0) is 11.8 Å². The van der Waals surface area contributed by atoms with E-state index in [-0.39, 0.29) is 17.8 Å². The number of aryl methyl sites for hydroxylation is 1. The molecule has 0 saturated carbocycles. The molecule has 20 heavy (non-hydrogen) atoms. The van der Waals surface area contributed by atoms with Gasteiger partial charge in [-0.2, -0.15) is 5.10 Å². The fourth-order valence-electron chi connectivity index (χ4n) is 1.86. The summed E-state index contributed by atoms with van der Waals surface area (Å²) in [5.74, 6) is -0.596. The first-order valence-electron chi connectivity index (χ1n) is 6.28. The number of carbonyl (C=O) groups excluding carboxylic acids is 1. The molecule has 5 heteroatoms. The van der Waals surface area contributed by atoms with Crippen LogP contribution in [0.25, 0.3) is 6.08 Å².